The Hall–Kier alpha value is -3.08. The van der Waals surface area contributed by atoms with Crippen molar-refractivity contribution in [3.63, 3.8) is 0 Å². The lowest BCUT2D eigenvalue weighted by atomic mass is 10.1. The van der Waals surface area contributed by atoms with Crippen molar-refractivity contribution in [3.05, 3.63) is 71.4 Å². The summed E-state index contributed by atoms with van der Waals surface area (Å²) in [6, 6.07) is 18.3. The van der Waals surface area contributed by atoms with Crippen LogP contribution in [0.15, 0.2) is 54.6 Å². The molecule has 1 amide bonds. The first-order chi connectivity index (χ1) is 14.0. The summed E-state index contributed by atoms with van der Waals surface area (Å²) >= 11 is 0. The highest BCUT2D eigenvalue weighted by atomic mass is 16.5. The highest BCUT2D eigenvalue weighted by Gasteiger charge is 2.10. The number of hydrogen-bond donors (Lipinski definition) is 1. The zero-order chi connectivity index (χ0) is 20.6. The summed E-state index contributed by atoms with van der Waals surface area (Å²) < 4.78 is 5.77. The van der Waals surface area contributed by atoms with E-state index in [1.54, 1.807) is 4.90 Å². The van der Waals surface area contributed by atoms with Crippen LogP contribution in [0.3, 0.4) is 0 Å². The lowest BCUT2D eigenvalue weighted by Crippen LogP contribution is -2.29. The Balaban J connectivity index is 1.38. The summed E-state index contributed by atoms with van der Waals surface area (Å²) in [5.41, 5.74) is 5.45. The predicted molar refractivity (Wildman–Crippen MR) is 116 cm³/mol. The highest BCUT2D eigenvalue weighted by Crippen LogP contribution is 2.19. The Kier molecular flexibility index (Phi) is 7.06. The van der Waals surface area contributed by atoms with E-state index in [4.69, 9.17) is 4.74 Å². The maximum absolute atomic E-state index is 12.3. The van der Waals surface area contributed by atoms with Crippen LogP contribution in [0.4, 0.5) is 0 Å². The van der Waals surface area contributed by atoms with E-state index in [2.05, 4.69) is 29.3 Å². The van der Waals surface area contributed by atoms with Crippen LogP contribution in [0.25, 0.3) is 11.3 Å². The highest BCUT2D eigenvalue weighted by molar-refractivity contribution is 5.76. The third-order valence-electron chi connectivity index (χ3n) is 4.97. The molecule has 0 bridgehead atoms. The molecule has 0 saturated heterocycles. The van der Waals surface area contributed by atoms with E-state index in [0.717, 1.165) is 41.1 Å². The average molecular weight is 392 g/mol. The number of hydrogen-bond acceptors (Lipinski definition) is 3. The van der Waals surface area contributed by atoms with Crippen LogP contribution in [-0.4, -0.2) is 41.2 Å². The molecule has 0 aliphatic carbocycles. The van der Waals surface area contributed by atoms with Crippen LogP contribution in [0.5, 0.6) is 5.75 Å². The Morgan fingerprint density at radius 1 is 1.10 bits per heavy atom. The van der Waals surface area contributed by atoms with Gasteiger partial charge in [0.25, 0.3) is 0 Å². The molecule has 0 spiro atoms. The van der Waals surface area contributed by atoms with Gasteiger partial charge in [-0.1, -0.05) is 48.0 Å². The zero-order valence-corrected chi connectivity index (χ0v) is 17.4. The smallest absolute Gasteiger partial charge is 0.225 e. The number of carbonyl (C=O) groups excluding carboxylic acids is 1. The average Bonchev–Trinajstić information content (AvgIpc) is 3.19. The number of nitrogens with zero attached hydrogens (tertiary/aromatic N) is 2. The molecule has 152 valence electrons. The van der Waals surface area contributed by atoms with Gasteiger partial charge in [-0.3, -0.25) is 9.89 Å². The van der Waals surface area contributed by atoms with Gasteiger partial charge >= 0.3 is 0 Å². The van der Waals surface area contributed by atoms with Crippen molar-refractivity contribution in [2.24, 2.45) is 0 Å². The van der Waals surface area contributed by atoms with Gasteiger partial charge in [0.2, 0.25) is 5.91 Å². The van der Waals surface area contributed by atoms with Crippen LogP contribution in [-0.2, 0) is 11.2 Å². The van der Waals surface area contributed by atoms with Crippen molar-refractivity contribution in [2.45, 2.75) is 33.1 Å². The maximum atomic E-state index is 12.3. The molecule has 0 aliphatic heterocycles. The van der Waals surface area contributed by atoms with E-state index in [1.807, 2.05) is 56.4 Å². The molecule has 0 aliphatic rings. The minimum Gasteiger partial charge on any atom is -0.493 e. The fourth-order valence-electron chi connectivity index (χ4n) is 3.28. The topological polar surface area (TPSA) is 58.2 Å². The van der Waals surface area contributed by atoms with E-state index >= 15 is 0 Å². The molecule has 0 fully saturated rings. The maximum Gasteiger partial charge on any atom is 0.225 e. The number of ether oxygens (including phenoxy) is 1. The molecule has 29 heavy (non-hydrogen) atoms. The lowest BCUT2D eigenvalue weighted by Gasteiger charge is -2.17. The molecule has 1 aromatic heterocycles. The van der Waals surface area contributed by atoms with Gasteiger partial charge in [0.05, 0.1) is 18.7 Å². The zero-order valence-electron chi connectivity index (χ0n) is 17.4. The first-order valence-corrected chi connectivity index (χ1v) is 10.1. The SMILES string of the molecule is Cc1ccc(OCCC(=O)N(C)CCCc2cc(-c3ccccc3)n[nH]2)c(C)c1. The summed E-state index contributed by atoms with van der Waals surface area (Å²) in [6.07, 6.45) is 2.12. The molecule has 1 heterocycles. The summed E-state index contributed by atoms with van der Waals surface area (Å²) in [5, 5.41) is 7.47. The van der Waals surface area contributed by atoms with Gasteiger partial charge in [0, 0.05) is 24.8 Å². The second-order valence-corrected chi connectivity index (χ2v) is 7.43. The molecule has 3 aromatic rings. The second-order valence-electron chi connectivity index (χ2n) is 7.43. The van der Waals surface area contributed by atoms with Crippen LogP contribution < -0.4 is 4.74 Å². The molecule has 0 unspecified atom stereocenters. The van der Waals surface area contributed by atoms with Gasteiger partial charge in [-0.25, -0.2) is 0 Å². The molecule has 0 radical (unpaired) electrons. The summed E-state index contributed by atoms with van der Waals surface area (Å²) in [4.78, 5) is 14.1. The molecular weight excluding hydrogens is 362 g/mol. The van der Waals surface area contributed by atoms with Gasteiger partial charge in [0.1, 0.15) is 5.75 Å². The Bertz CT molecular complexity index is 934. The Morgan fingerprint density at radius 3 is 2.66 bits per heavy atom. The number of carbonyl (C=O) groups is 1. The van der Waals surface area contributed by atoms with Crippen molar-refractivity contribution in [2.75, 3.05) is 20.2 Å². The molecular formula is C24H29N3O2. The lowest BCUT2D eigenvalue weighted by molar-refractivity contribution is -0.130. The minimum atomic E-state index is 0.101. The quantitative estimate of drug-likeness (QED) is 0.582. The van der Waals surface area contributed by atoms with E-state index in [0.29, 0.717) is 19.6 Å². The fourth-order valence-corrected chi connectivity index (χ4v) is 3.28. The van der Waals surface area contributed by atoms with Gasteiger partial charge in [-0.2, -0.15) is 5.10 Å². The van der Waals surface area contributed by atoms with E-state index < -0.39 is 0 Å². The summed E-state index contributed by atoms with van der Waals surface area (Å²) in [7, 11) is 1.85. The number of benzene rings is 2. The number of nitrogens with one attached hydrogen (secondary N) is 1. The number of aromatic amines is 1. The first-order valence-electron chi connectivity index (χ1n) is 10.1. The van der Waals surface area contributed by atoms with Crippen molar-refractivity contribution in [1.82, 2.24) is 15.1 Å². The van der Waals surface area contributed by atoms with Crippen LogP contribution in [0.1, 0.15) is 29.7 Å². The number of H-pyrrole nitrogens is 1. The van der Waals surface area contributed by atoms with Gasteiger partial charge < -0.3 is 9.64 Å². The third kappa shape index (κ3) is 5.95. The number of aromatic nitrogens is 2. The van der Waals surface area contributed by atoms with Crippen molar-refractivity contribution in [3.8, 4) is 17.0 Å². The first kappa shape index (κ1) is 20.6. The second kappa shape index (κ2) is 9.92. The number of rotatable bonds is 9. The Morgan fingerprint density at radius 2 is 1.90 bits per heavy atom. The van der Waals surface area contributed by atoms with E-state index in [-0.39, 0.29) is 5.91 Å². The van der Waals surface area contributed by atoms with Crippen LogP contribution in [0.2, 0.25) is 0 Å². The van der Waals surface area contributed by atoms with Crippen molar-refractivity contribution in [1.29, 1.82) is 0 Å². The number of amides is 1. The van der Waals surface area contributed by atoms with Crippen LogP contribution >= 0.6 is 0 Å². The molecule has 5 heteroatoms. The van der Waals surface area contributed by atoms with E-state index in [1.165, 1.54) is 5.56 Å². The third-order valence-corrected chi connectivity index (χ3v) is 4.97. The van der Waals surface area contributed by atoms with Crippen molar-refractivity contribution < 1.29 is 9.53 Å². The van der Waals surface area contributed by atoms with E-state index in [9.17, 15) is 4.79 Å². The minimum absolute atomic E-state index is 0.101. The van der Waals surface area contributed by atoms with Gasteiger partial charge in [-0.05, 0) is 44.4 Å². The van der Waals surface area contributed by atoms with Crippen molar-refractivity contribution >= 4 is 5.91 Å². The predicted octanol–water partition coefficient (Wildman–Crippen LogP) is 4.55. The molecule has 1 N–H and O–H groups in total. The fraction of sp³-hybridized carbons (Fsp3) is 0.333. The summed E-state index contributed by atoms with van der Waals surface area (Å²) in [6.45, 7) is 5.19. The Labute approximate surface area is 172 Å². The number of aryl methyl sites for hydroxylation is 3. The molecule has 3 rings (SSSR count). The molecule has 2 aromatic carbocycles. The molecule has 0 saturated carbocycles. The largest absolute Gasteiger partial charge is 0.493 e. The standard InChI is InChI=1S/C24H29N3O2/c1-18-11-12-23(19(2)16-18)29-15-13-24(28)27(3)14-7-10-21-17-22(26-25-21)20-8-5-4-6-9-20/h4-6,8-9,11-12,16-17H,7,10,13-15H2,1-3H3,(H,25,26). The molecule has 0 atom stereocenters. The van der Waals surface area contributed by atoms with Gasteiger partial charge in [0.15, 0.2) is 0 Å². The van der Waals surface area contributed by atoms with Gasteiger partial charge in [-0.15, -0.1) is 0 Å². The monoisotopic (exact) mass is 391 g/mol. The summed E-state index contributed by atoms with van der Waals surface area (Å²) in [5.74, 6) is 0.948. The van der Waals surface area contributed by atoms with Crippen LogP contribution in [0, 0.1) is 13.8 Å². The molecule has 5 nitrogen and oxygen atoms in total. The normalized spacial score (nSPS) is 10.7.